The van der Waals surface area contributed by atoms with E-state index in [2.05, 4.69) is 56.6 Å². The summed E-state index contributed by atoms with van der Waals surface area (Å²) in [5.41, 5.74) is 1.27. The van der Waals surface area contributed by atoms with E-state index in [1.807, 2.05) is 0 Å². The Balaban J connectivity index is 2.17. The van der Waals surface area contributed by atoms with Gasteiger partial charge in [-0.2, -0.15) is 4.80 Å². The molecule has 98 valence electrons. The van der Waals surface area contributed by atoms with Crippen molar-refractivity contribution in [2.24, 2.45) is 7.05 Å². The molecular formula is C11H16BrN5S. The zero-order valence-corrected chi connectivity index (χ0v) is 13.0. The zero-order valence-electron chi connectivity index (χ0n) is 10.6. The molecule has 0 aliphatic heterocycles. The fraction of sp³-hybridized carbons (Fsp3) is 0.545. The van der Waals surface area contributed by atoms with Crippen LogP contribution in [0.5, 0.6) is 0 Å². The number of hydrogen-bond donors (Lipinski definition) is 1. The second-order valence-corrected chi connectivity index (χ2v) is 6.52. The summed E-state index contributed by atoms with van der Waals surface area (Å²) in [4.78, 5) is 2.79. The molecule has 0 aromatic carbocycles. The van der Waals surface area contributed by atoms with Crippen LogP contribution >= 0.6 is 27.3 Å². The van der Waals surface area contributed by atoms with Gasteiger partial charge in [0.1, 0.15) is 0 Å². The van der Waals surface area contributed by atoms with Gasteiger partial charge in [-0.15, -0.1) is 21.5 Å². The molecule has 5 nitrogen and oxygen atoms in total. The Bertz CT molecular complexity index is 502. The van der Waals surface area contributed by atoms with Crippen LogP contribution in [-0.2, 0) is 13.5 Å². The summed E-state index contributed by atoms with van der Waals surface area (Å²) >= 11 is 5.33. The van der Waals surface area contributed by atoms with E-state index in [4.69, 9.17) is 0 Å². The van der Waals surface area contributed by atoms with Crippen molar-refractivity contribution in [1.82, 2.24) is 25.5 Å². The van der Waals surface area contributed by atoms with Crippen LogP contribution in [-0.4, -0.2) is 26.8 Å². The summed E-state index contributed by atoms with van der Waals surface area (Å²) in [7, 11) is 1.78. The Labute approximate surface area is 119 Å². The maximum absolute atomic E-state index is 4.23. The van der Waals surface area contributed by atoms with Crippen molar-refractivity contribution in [2.45, 2.75) is 26.3 Å². The summed E-state index contributed by atoms with van der Waals surface area (Å²) in [6.45, 7) is 5.12. The molecule has 18 heavy (non-hydrogen) atoms. The van der Waals surface area contributed by atoms with Gasteiger partial charge in [0.25, 0.3) is 0 Å². The molecule has 1 unspecified atom stereocenters. The van der Waals surface area contributed by atoms with Crippen LogP contribution in [0.4, 0.5) is 0 Å². The third kappa shape index (κ3) is 3.15. The van der Waals surface area contributed by atoms with Crippen LogP contribution in [0.25, 0.3) is 0 Å². The van der Waals surface area contributed by atoms with E-state index in [0.717, 1.165) is 18.8 Å². The first-order valence-corrected chi connectivity index (χ1v) is 7.43. The van der Waals surface area contributed by atoms with Crippen molar-refractivity contribution < 1.29 is 0 Å². The highest BCUT2D eigenvalue weighted by Gasteiger charge is 2.17. The molecule has 2 rings (SSSR count). The quantitative estimate of drug-likeness (QED) is 0.913. The minimum atomic E-state index is 0.245. The topological polar surface area (TPSA) is 55.6 Å². The number of tetrazole rings is 1. The van der Waals surface area contributed by atoms with Gasteiger partial charge in [-0.25, -0.2) is 0 Å². The van der Waals surface area contributed by atoms with Gasteiger partial charge in [0.15, 0.2) is 5.82 Å². The second-order valence-electron chi connectivity index (χ2n) is 4.11. The number of thiophene rings is 1. The second kappa shape index (κ2) is 5.90. The fourth-order valence-electron chi connectivity index (χ4n) is 1.76. The molecule has 1 atom stereocenters. The molecular weight excluding hydrogens is 314 g/mol. The molecule has 0 spiro atoms. The van der Waals surface area contributed by atoms with Crippen LogP contribution in [0.2, 0.25) is 0 Å². The molecule has 7 heteroatoms. The summed E-state index contributed by atoms with van der Waals surface area (Å²) in [6, 6.07) is 2.45. The Hall–Kier alpha value is -0.790. The molecule has 0 bridgehead atoms. The molecule has 0 amide bonds. The maximum atomic E-state index is 4.23. The molecule has 0 aliphatic carbocycles. The summed E-state index contributed by atoms with van der Waals surface area (Å²) in [6.07, 6.45) is 0.758. The van der Waals surface area contributed by atoms with Crippen LogP contribution < -0.4 is 5.32 Å². The van der Waals surface area contributed by atoms with E-state index in [9.17, 15) is 0 Å². The molecule has 0 saturated heterocycles. The highest BCUT2D eigenvalue weighted by Crippen LogP contribution is 2.32. The van der Waals surface area contributed by atoms with Crippen molar-refractivity contribution in [3.63, 3.8) is 0 Å². The van der Waals surface area contributed by atoms with E-state index in [1.54, 1.807) is 18.4 Å². The standard InChI is InChI=1S/C11H16BrN5S/c1-4-13-8(6-10-14-16-17(3)15-10)9-5-7(2)11(12)18-9/h5,8,13H,4,6H2,1-3H3. The molecule has 2 heterocycles. The Morgan fingerprint density at radius 2 is 2.33 bits per heavy atom. The Morgan fingerprint density at radius 3 is 2.83 bits per heavy atom. The number of aryl methyl sites for hydroxylation is 2. The van der Waals surface area contributed by atoms with E-state index in [-0.39, 0.29) is 6.04 Å². The summed E-state index contributed by atoms with van der Waals surface area (Å²) in [5, 5.41) is 15.6. The van der Waals surface area contributed by atoms with Crippen LogP contribution in [0.1, 0.15) is 29.2 Å². The molecule has 0 fully saturated rings. The minimum Gasteiger partial charge on any atom is -0.309 e. The van der Waals surface area contributed by atoms with Crippen molar-refractivity contribution in [2.75, 3.05) is 6.54 Å². The molecule has 1 N–H and O–H groups in total. The highest BCUT2D eigenvalue weighted by molar-refractivity contribution is 9.11. The fourth-order valence-corrected chi connectivity index (χ4v) is 3.41. The lowest BCUT2D eigenvalue weighted by Crippen LogP contribution is -2.22. The van der Waals surface area contributed by atoms with Crippen LogP contribution in [0.3, 0.4) is 0 Å². The average molecular weight is 330 g/mol. The van der Waals surface area contributed by atoms with E-state index in [0.29, 0.717) is 0 Å². The zero-order chi connectivity index (χ0) is 13.1. The highest BCUT2D eigenvalue weighted by atomic mass is 79.9. The number of halogens is 1. The lowest BCUT2D eigenvalue weighted by atomic mass is 10.1. The maximum Gasteiger partial charge on any atom is 0.176 e. The number of nitrogens with zero attached hydrogens (tertiary/aromatic N) is 4. The predicted molar refractivity (Wildman–Crippen MR) is 75.7 cm³/mol. The van der Waals surface area contributed by atoms with Gasteiger partial charge in [0, 0.05) is 17.3 Å². The van der Waals surface area contributed by atoms with Gasteiger partial charge < -0.3 is 5.32 Å². The normalized spacial score (nSPS) is 12.9. The van der Waals surface area contributed by atoms with E-state index in [1.165, 1.54) is 19.0 Å². The van der Waals surface area contributed by atoms with Gasteiger partial charge in [0.2, 0.25) is 0 Å². The lowest BCUT2D eigenvalue weighted by molar-refractivity contribution is 0.542. The van der Waals surface area contributed by atoms with E-state index < -0.39 is 0 Å². The van der Waals surface area contributed by atoms with Gasteiger partial charge in [0.05, 0.1) is 10.8 Å². The van der Waals surface area contributed by atoms with Crippen LogP contribution in [0.15, 0.2) is 9.85 Å². The van der Waals surface area contributed by atoms with Gasteiger partial charge >= 0.3 is 0 Å². The lowest BCUT2D eigenvalue weighted by Gasteiger charge is -2.14. The average Bonchev–Trinajstić information content (AvgIpc) is 2.86. The number of aromatic nitrogens is 4. The SMILES string of the molecule is CCNC(Cc1nnn(C)n1)c1cc(C)c(Br)s1. The number of hydrogen-bond acceptors (Lipinski definition) is 5. The number of likely N-dealkylation sites (N-methyl/N-ethyl adjacent to an activating group) is 1. The van der Waals surface area contributed by atoms with E-state index >= 15 is 0 Å². The monoisotopic (exact) mass is 329 g/mol. The van der Waals surface area contributed by atoms with Gasteiger partial charge in [-0.1, -0.05) is 6.92 Å². The van der Waals surface area contributed by atoms with Crippen molar-refractivity contribution >= 4 is 27.3 Å². The summed E-state index contributed by atoms with van der Waals surface area (Å²) < 4.78 is 1.19. The number of rotatable bonds is 5. The van der Waals surface area contributed by atoms with Gasteiger partial charge in [-0.05, 0) is 46.2 Å². The third-order valence-corrected chi connectivity index (χ3v) is 4.86. The smallest absolute Gasteiger partial charge is 0.176 e. The first-order valence-electron chi connectivity index (χ1n) is 5.82. The minimum absolute atomic E-state index is 0.245. The largest absolute Gasteiger partial charge is 0.309 e. The molecule has 2 aromatic rings. The van der Waals surface area contributed by atoms with Crippen molar-refractivity contribution in [3.8, 4) is 0 Å². The van der Waals surface area contributed by atoms with Gasteiger partial charge in [-0.3, -0.25) is 0 Å². The molecule has 0 radical (unpaired) electrons. The Kier molecular flexibility index (Phi) is 4.47. The first kappa shape index (κ1) is 13.6. The molecule has 0 aliphatic rings. The molecule has 0 saturated carbocycles. The van der Waals surface area contributed by atoms with Crippen molar-refractivity contribution in [1.29, 1.82) is 0 Å². The van der Waals surface area contributed by atoms with Crippen molar-refractivity contribution in [3.05, 3.63) is 26.1 Å². The summed E-state index contributed by atoms with van der Waals surface area (Å²) in [5.74, 6) is 0.769. The number of nitrogens with one attached hydrogen (secondary N) is 1. The predicted octanol–water partition coefficient (Wildman–Crippen LogP) is 2.24. The van der Waals surface area contributed by atoms with Crippen LogP contribution in [0, 0.1) is 6.92 Å². The third-order valence-electron chi connectivity index (χ3n) is 2.61. The first-order chi connectivity index (χ1) is 8.60. The Morgan fingerprint density at radius 1 is 1.56 bits per heavy atom. The molecule has 2 aromatic heterocycles.